The molecule has 0 saturated heterocycles. The Balaban J connectivity index is 1.65. The summed E-state index contributed by atoms with van der Waals surface area (Å²) in [5, 5.41) is 4.94. The van der Waals surface area contributed by atoms with Crippen LogP contribution in [0.1, 0.15) is 11.1 Å². The van der Waals surface area contributed by atoms with Crippen molar-refractivity contribution in [3.05, 3.63) is 65.7 Å². The fourth-order valence-corrected chi connectivity index (χ4v) is 3.02. The number of nitrogens with one attached hydrogen (secondary N) is 1. The minimum Gasteiger partial charge on any atom is -0.325 e. The van der Waals surface area contributed by atoms with Crippen molar-refractivity contribution in [2.45, 2.75) is 18.9 Å². The van der Waals surface area contributed by atoms with E-state index in [4.69, 9.17) is 0 Å². The van der Waals surface area contributed by atoms with E-state index in [0.29, 0.717) is 5.75 Å². The smallest absolute Gasteiger partial charge is 0.234 e. The van der Waals surface area contributed by atoms with E-state index in [2.05, 4.69) is 10.3 Å². The van der Waals surface area contributed by atoms with Gasteiger partial charge in [0, 0.05) is 11.1 Å². The summed E-state index contributed by atoms with van der Waals surface area (Å²) in [4.78, 5) is 16.7. The van der Waals surface area contributed by atoms with Crippen LogP contribution in [0.3, 0.4) is 0 Å². The van der Waals surface area contributed by atoms with Crippen molar-refractivity contribution in [2.24, 2.45) is 0 Å². The molecular formula is C19H18N2OS. The number of fused-ring (bicyclic) bond motifs is 1. The van der Waals surface area contributed by atoms with Gasteiger partial charge in [-0.3, -0.25) is 4.79 Å². The summed E-state index contributed by atoms with van der Waals surface area (Å²) in [6, 6.07) is 17.9. The zero-order valence-electron chi connectivity index (χ0n) is 13.2. The number of rotatable bonds is 4. The van der Waals surface area contributed by atoms with Gasteiger partial charge in [0.05, 0.1) is 16.3 Å². The summed E-state index contributed by atoms with van der Waals surface area (Å²) in [7, 11) is 0. The van der Waals surface area contributed by atoms with E-state index in [-0.39, 0.29) is 5.91 Å². The van der Waals surface area contributed by atoms with Crippen LogP contribution in [0.15, 0.2) is 59.6 Å². The van der Waals surface area contributed by atoms with Crippen molar-refractivity contribution in [3.63, 3.8) is 0 Å². The zero-order chi connectivity index (χ0) is 16.2. The Morgan fingerprint density at radius 2 is 1.87 bits per heavy atom. The second-order valence-corrected chi connectivity index (χ2v) is 6.42. The molecule has 0 radical (unpaired) electrons. The van der Waals surface area contributed by atoms with E-state index < -0.39 is 0 Å². The lowest BCUT2D eigenvalue weighted by Crippen LogP contribution is -2.15. The largest absolute Gasteiger partial charge is 0.325 e. The van der Waals surface area contributed by atoms with E-state index in [9.17, 15) is 4.79 Å². The van der Waals surface area contributed by atoms with E-state index >= 15 is 0 Å². The van der Waals surface area contributed by atoms with Gasteiger partial charge in [0.15, 0.2) is 0 Å². The molecule has 23 heavy (non-hydrogen) atoms. The Bertz CT molecular complexity index is 861. The number of aryl methyl sites for hydroxylation is 1. The molecule has 3 nitrogen and oxygen atoms in total. The molecule has 0 bridgehead atoms. The molecule has 0 aliphatic heterocycles. The van der Waals surface area contributed by atoms with Gasteiger partial charge in [-0.05, 0) is 43.2 Å². The van der Waals surface area contributed by atoms with E-state index in [1.807, 2.05) is 68.4 Å². The molecule has 1 aromatic heterocycles. The lowest BCUT2D eigenvalue weighted by Gasteiger charge is -2.10. The second-order valence-electron chi connectivity index (χ2n) is 5.43. The first-order chi connectivity index (χ1) is 11.1. The number of para-hydroxylation sites is 1. The maximum absolute atomic E-state index is 12.2. The van der Waals surface area contributed by atoms with Crippen molar-refractivity contribution in [1.82, 2.24) is 4.98 Å². The van der Waals surface area contributed by atoms with Crippen LogP contribution in [0, 0.1) is 13.8 Å². The normalized spacial score (nSPS) is 10.7. The average molecular weight is 322 g/mol. The molecule has 0 spiro atoms. The Labute approximate surface area is 140 Å². The van der Waals surface area contributed by atoms with Crippen molar-refractivity contribution < 1.29 is 4.79 Å². The highest BCUT2D eigenvalue weighted by atomic mass is 32.2. The fraction of sp³-hybridized carbons (Fsp3) is 0.158. The molecule has 1 heterocycles. The predicted octanol–water partition coefficient (Wildman–Crippen LogP) is 4.58. The first-order valence-corrected chi connectivity index (χ1v) is 8.47. The highest BCUT2D eigenvalue weighted by molar-refractivity contribution is 7.99. The van der Waals surface area contributed by atoms with E-state index in [1.54, 1.807) is 0 Å². The molecule has 3 rings (SSSR count). The van der Waals surface area contributed by atoms with Gasteiger partial charge < -0.3 is 5.32 Å². The third kappa shape index (κ3) is 3.71. The number of hydrogen-bond donors (Lipinski definition) is 1. The molecule has 0 fully saturated rings. The van der Waals surface area contributed by atoms with Gasteiger partial charge in [-0.15, -0.1) is 0 Å². The molecule has 2 aromatic carbocycles. The van der Waals surface area contributed by atoms with Gasteiger partial charge >= 0.3 is 0 Å². The van der Waals surface area contributed by atoms with Crippen molar-refractivity contribution in [1.29, 1.82) is 0 Å². The summed E-state index contributed by atoms with van der Waals surface area (Å²) >= 11 is 1.45. The molecule has 0 unspecified atom stereocenters. The van der Waals surface area contributed by atoms with Crippen LogP contribution in [-0.4, -0.2) is 16.6 Å². The van der Waals surface area contributed by atoms with Crippen LogP contribution in [0.4, 0.5) is 5.69 Å². The van der Waals surface area contributed by atoms with Crippen LogP contribution in [0.25, 0.3) is 10.9 Å². The third-order valence-corrected chi connectivity index (χ3v) is 4.73. The number of amides is 1. The second kappa shape index (κ2) is 6.84. The number of thioether (sulfide) groups is 1. The topological polar surface area (TPSA) is 42.0 Å². The third-order valence-electron chi connectivity index (χ3n) is 3.80. The molecule has 0 saturated carbocycles. The van der Waals surface area contributed by atoms with E-state index in [0.717, 1.165) is 27.2 Å². The first-order valence-electron chi connectivity index (χ1n) is 7.48. The molecule has 0 aliphatic carbocycles. The maximum Gasteiger partial charge on any atom is 0.234 e. The number of carbonyl (C=O) groups excluding carboxylic acids is 1. The first kappa shape index (κ1) is 15.6. The van der Waals surface area contributed by atoms with Crippen molar-refractivity contribution in [3.8, 4) is 0 Å². The van der Waals surface area contributed by atoms with Crippen LogP contribution >= 0.6 is 11.8 Å². The Morgan fingerprint density at radius 1 is 1.04 bits per heavy atom. The van der Waals surface area contributed by atoms with Gasteiger partial charge in [0.2, 0.25) is 5.91 Å². The number of anilines is 1. The van der Waals surface area contributed by atoms with Crippen LogP contribution < -0.4 is 5.32 Å². The Hall–Kier alpha value is -2.33. The molecule has 0 aliphatic rings. The number of nitrogens with zero attached hydrogens (tertiary/aromatic N) is 1. The van der Waals surface area contributed by atoms with Crippen molar-refractivity contribution in [2.75, 3.05) is 11.1 Å². The number of benzene rings is 2. The summed E-state index contributed by atoms with van der Waals surface area (Å²) < 4.78 is 0. The van der Waals surface area contributed by atoms with Gasteiger partial charge in [-0.1, -0.05) is 48.2 Å². The quantitative estimate of drug-likeness (QED) is 0.715. The monoisotopic (exact) mass is 322 g/mol. The van der Waals surface area contributed by atoms with E-state index in [1.165, 1.54) is 17.3 Å². The standard InChI is InChI=1S/C19H18N2OS/c1-13-6-5-9-16(14(13)2)20-18(22)12-23-19-11-10-15-7-3-4-8-17(15)21-19/h3-11H,12H2,1-2H3,(H,20,22). The molecule has 116 valence electrons. The number of hydrogen-bond acceptors (Lipinski definition) is 3. The minimum absolute atomic E-state index is 0.0151. The molecular weight excluding hydrogens is 304 g/mol. The lowest BCUT2D eigenvalue weighted by molar-refractivity contribution is -0.113. The predicted molar refractivity (Wildman–Crippen MR) is 97.0 cm³/mol. The summed E-state index contributed by atoms with van der Waals surface area (Å²) in [6.45, 7) is 4.06. The Kier molecular flexibility index (Phi) is 4.63. The summed E-state index contributed by atoms with van der Waals surface area (Å²) in [5.74, 6) is 0.331. The number of pyridine rings is 1. The van der Waals surface area contributed by atoms with Gasteiger partial charge in [0.1, 0.15) is 0 Å². The highest BCUT2D eigenvalue weighted by Crippen LogP contribution is 2.21. The van der Waals surface area contributed by atoms with Crippen LogP contribution in [0.2, 0.25) is 0 Å². The van der Waals surface area contributed by atoms with Gasteiger partial charge in [0.25, 0.3) is 0 Å². The molecule has 4 heteroatoms. The molecule has 3 aromatic rings. The molecule has 1 amide bonds. The fourth-order valence-electron chi connectivity index (χ4n) is 2.34. The lowest BCUT2D eigenvalue weighted by atomic mass is 10.1. The minimum atomic E-state index is -0.0151. The maximum atomic E-state index is 12.2. The Morgan fingerprint density at radius 3 is 2.74 bits per heavy atom. The summed E-state index contributed by atoms with van der Waals surface area (Å²) in [5.41, 5.74) is 4.11. The van der Waals surface area contributed by atoms with Crippen LogP contribution in [-0.2, 0) is 4.79 Å². The van der Waals surface area contributed by atoms with Gasteiger partial charge in [-0.2, -0.15) is 0 Å². The number of aromatic nitrogens is 1. The molecule has 0 atom stereocenters. The highest BCUT2D eigenvalue weighted by Gasteiger charge is 2.07. The molecule has 1 N–H and O–H groups in total. The average Bonchev–Trinajstić information content (AvgIpc) is 2.57. The number of carbonyl (C=O) groups is 1. The van der Waals surface area contributed by atoms with Crippen LogP contribution in [0.5, 0.6) is 0 Å². The van der Waals surface area contributed by atoms with Gasteiger partial charge in [-0.25, -0.2) is 4.98 Å². The zero-order valence-corrected chi connectivity index (χ0v) is 14.0. The SMILES string of the molecule is Cc1cccc(NC(=O)CSc2ccc3ccccc3n2)c1C. The van der Waals surface area contributed by atoms with Crippen molar-refractivity contribution >= 4 is 34.3 Å². The summed E-state index contributed by atoms with van der Waals surface area (Å²) in [6.07, 6.45) is 0.